The fourth-order valence-corrected chi connectivity index (χ4v) is 1.000. The van der Waals surface area contributed by atoms with Gasteiger partial charge in [0.05, 0.1) is 12.5 Å². The summed E-state index contributed by atoms with van der Waals surface area (Å²) in [7, 11) is 0. The predicted octanol–water partition coefficient (Wildman–Crippen LogP) is 0.544. The molecule has 15 heavy (non-hydrogen) atoms. The summed E-state index contributed by atoms with van der Waals surface area (Å²) in [6.07, 6.45) is -0.0525. The van der Waals surface area contributed by atoms with Gasteiger partial charge in [-0.15, -0.1) is 0 Å². The second-order valence-electron chi connectivity index (χ2n) is 2.69. The van der Waals surface area contributed by atoms with Crippen molar-refractivity contribution >= 4 is 11.9 Å². The van der Waals surface area contributed by atoms with Gasteiger partial charge in [-0.3, -0.25) is 0 Å². The molecule has 0 radical (unpaired) electrons. The zero-order chi connectivity index (χ0) is 11.4. The molecule has 1 aromatic rings. The van der Waals surface area contributed by atoms with E-state index in [-0.39, 0.29) is 17.8 Å². The number of carbonyl (C=O) groups is 2. The fourth-order valence-electron chi connectivity index (χ4n) is 1.000. The summed E-state index contributed by atoms with van der Waals surface area (Å²) >= 11 is 0. The molecule has 0 aliphatic heterocycles. The number of aromatic nitrogens is 1. The summed E-state index contributed by atoms with van der Waals surface area (Å²) in [5, 5.41) is 25.7. The molecule has 0 bridgehead atoms. The molecule has 1 rings (SSSR count). The van der Waals surface area contributed by atoms with Gasteiger partial charge in [0.2, 0.25) is 0 Å². The third-order valence-corrected chi connectivity index (χ3v) is 1.61. The molecule has 0 aliphatic rings. The van der Waals surface area contributed by atoms with E-state index in [0.717, 1.165) is 0 Å². The largest absolute Gasteiger partial charge is 0.477 e. The summed E-state index contributed by atoms with van der Waals surface area (Å²) in [5.74, 6) is -2.64. The van der Waals surface area contributed by atoms with Crippen molar-refractivity contribution < 1.29 is 19.8 Å². The highest BCUT2D eigenvalue weighted by atomic mass is 16.4. The first kappa shape index (κ1) is 10.7. The SMILES string of the molecule is N#CCc1cc(C(=O)O)nc(C(=O)O)c1. The third-order valence-electron chi connectivity index (χ3n) is 1.61. The van der Waals surface area contributed by atoms with Crippen LogP contribution in [0, 0.1) is 11.3 Å². The Bertz CT molecular complexity index is 429. The zero-order valence-electron chi connectivity index (χ0n) is 7.47. The molecule has 0 spiro atoms. The minimum absolute atomic E-state index is 0.0525. The maximum atomic E-state index is 10.6. The summed E-state index contributed by atoms with van der Waals surface area (Å²) in [6.45, 7) is 0. The van der Waals surface area contributed by atoms with Gasteiger partial charge in [0.25, 0.3) is 0 Å². The average Bonchev–Trinajstić information content (AvgIpc) is 2.17. The summed E-state index contributed by atoms with van der Waals surface area (Å²) in [4.78, 5) is 24.6. The number of hydrogen-bond donors (Lipinski definition) is 2. The summed E-state index contributed by atoms with van der Waals surface area (Å²) < 4.78 is 0. The highest BCUT2D eigenvalue weighted by molar-refractivity contribution is 5.90. The van der Waals surface area contributed by atoms with Crippen LogP contribution in [0.15, 0.2) is 12.1 Å². The number of carboxylic acids is 2. The minimum atomic E-state index is -1.32. The standard InChI is InChI=1S/C9H6N2O4/c10-2-1-5-3-6(8(12)13)11-7(4-5)9(14)15/h3-4H,1H2,(H,12,13)(H,14,15). The quantitative estimate of drug-likeness (QED) is 0.746. The maximum absolute atomic E-state index is 10.6. The molecular formula is C9H6N2O4. The molecule has 76 valence electrons. The number of carboxylic acid groups (broad SMARTS) is 2. The highest BCUT2D eigenvalue weighted by Gasteiger charge is 2.12. The number of nitriles is 1. The Hall–Kier alpha value is -2.42. The predicted molar refractivity (Wildman–Crippen MR) is 47.5 cm³/mol. The molecule has 0 atom stereocenters. The molecule has 0 aromatic carbocycles. The second-order valence-corrected chi connectivity index (χ2v) is 2.69. The molecule has 2 N–H and O–H groups in total. The minimum Gasteiger partial charge on any atom is -0.477 e. The van der Waals surface area contributed by atoms with Crippen LogP contribution >= 0.6 is 0 Å². The lowest BCUT2D eigenvalue weighted by Crippen LogP contribution is -2.08. The smallest absolute Gasteiger partial charge is 0.354 e. The van der Waals surface area contributed by atoms with Crippen molar-refractivity contribution in [3.8, 4) is 6.07 Å². The maximum Gasteiger partial charge on any atom is 0.354 e. The Morgan fingerprint density at radius 1 is 1.27 bits per heavy atom. The Labute approximate surface area is 84.4 Å². The van der Waals surface area contributed by atoms with E-state index in [0.29, 0.717) is 5.56 Å². The van der Waals surface area contributed by atoms with Crippen LogP contribution in [0.1, 0.15) is 26.5 Å². The molecule has 6 heteroatoms. The van der Waals surface area contributed by atoms with Crippen molar-refractivity contribution in [2.45, 2.75) is 6.42 Å². The van der Waals surface area contributed by atoms with E-state index in [1.54, 1.807) is 6.07 Å². The van der Waals surface area contributed by atoms with Gasteiger partial charge in [-0.05, 0) is 17.7 Å². The first-order valence-electron chi connectivity index (χ1n) is 3.89. The summed E-state index contributed by atoms with van der Waals surface area (Å²) in [6, 6.07) is 4.16. The molecule has 0 fully saturated rings. The Kier molecular flexibility index (Phi) is 2.98. The van der Waals surface area contributed by atoms with Crippen LogP contribution in [-0.4, -0.2) is 27.1 Å². The first-order chi connectivity index (χ1) is 7.04. The number of pyridine rings is 1. The Morgan fingerprint density at radius 2 is 1.73 bits per heavy atom. The number of nitrogens with zero attached hydrogens (tertiary/aromatic N) is 2. The van der Waals surface area contributed by atoms with E-state index < -0.39 is 11.9 Å². The molecule has 0 saturated carbocycles. The van der Waals surface area contributed by atoms with Gasteiger partial charge in [-0.1, -0.05) is 0 Å². The van der Waals surface area contributed by atoms with E-state index >= 15 is 0 Å². The van der Waals surface area contributed by atoms with Crippen LogP contribution in [0.25, 0.3) is 0 Å². The van der Waals surface area contributed by atoms with Crippen molar-refractivity contribution in [3.63, 3.8) is 0 Å². The van der Waals surface area contributed by atoms with Crippen LogP contribution in [0.4, 0.5) is 0 Å². The lowest BCUT2D eigenvalue weighted by Gasteiger charge is -2.00. The van der Waals surface area contributed by atoms with Crippen molar-refractivity contribution in [2.24, 2.45) is 0 Å². The van der Waals surface area contributed by atoms with Crippen LogP contribution < -0.4 is 0 Å². The molecule has 0 aliphatic carbocycles. The van der Waals surface area contributed by atoms with Crippen LogP contribution in [0.3, 0.4) is 0 Å². The van der Waals surface area contributed by atoms with Gasteiger partial charge >= 0.3 is 11.9 Å². The van der Waals surface area contributed by atoms with Gasteiger partial charge in [0, 0.05) is 0 Å². The Balaban J connectivity index is 3.27. The molecule has 0 saturated heterocycles. The lowest BCUT2D eigenvalue weighted by atomic mass is 10.1. The van der Waals surface area contributed by atoms with Gasteiger partial charge < -0.3 is 10.2 Å². The Morgan fingerprint density at radius 3 is 2.07 bits per heavy atom. The van der Waals surface area contributed by atoms with Crippen LogP contribution in [-0.2, 0) is 6.42 Å². The van der Waals surface area contributed by atoms with Crippen molar-refractivity contribution in [3.05, 3.63) is 29.1 Å². The number of aromatic carboxylic acids is 2. The van der Waals surface area contributed by atoms with Crippen LogP contribution in [0.2, 0.25) is 0 Å². The molecule has 6 nitrogen and oxygen atoms in total. The molecule has 0 amide bonds. The second kappa shape index (κ2) is 4.19. The monoisotopic (exact) mass is 206 g/mol. The van der Waals surface area contributed by atoms with E-state index in [2.05, 4.69) is 4.98 Å². The van der Waals surface area contributed by atoms with Gasteiger partial charge in [0.15, 0.2) is 0 Å². The van der Waals surface area contributed by atoms with Crippen molar-refractivity contribution in [1.29, 1.82) is 5.26 Å². The fraction of sp³-hybridized carbons (Fsp3) is 0.111. The normalized spacial score (nSPS) is 9.27. The van der Waals surface area contributed by atoms with Crippen LogP contribution in [0.5, 0.6) is 0 Å². The summed E-state index contributed by atoms with van der Waals surface area (Å²) in [5.41, 5.74) is -0.428. The molecule has 1 heterocycles. The zero-order valence-corrected chi connectivity index (χ0v) is 7.47. The molecule has 1 aromatic heterocycles. The topological polar surface area (TPSA) is 111 Å². The van der Waals surface area contributed by atoms with Crippen molar-refractivity contribution in [1.82, 2.24) is 4.98 Å². The van der Waals surface area contributed by atoms with E-state index in [4.69, 9.17) is 15.5 Å². The first-order valence-corrected chi connectivity index (χ1v) is 3.89. The van der Waals surface area contributed by atoms with Gasteiger partial charge in [-0.2, -0.15) is 5.26 Å². The third kappa shape index (κ3) is 2.51. The molecular weight excluding hydrogens is 200 g/mol. The number of rotatable bonds is 3. The number of hydrogen-bond acceptors (Lipinski definition) is 4. The average molecular weight is 206 g/mol. The van der Waals surface area contributed by atoms with Crippen molar-refractivity contribution in [2.75, 3.05) is 0 Å². The van der Waals surface area contributed by atoms with Gasteiger partial charge in [-0.25, -0.2) is 14.6 Å². The highest BCUT2D eigenvalue weighted by Crippen LogP contribution is 2.07. The van der Waals surface area contributed by atoms with E-state index in [9.17, 15) is 9.59 Å². The van der Waals surface area contributed by atoms with E-state index in [1.165, 1.54) is 12.1 Å². The van der Waals surface area contributed by atoms with E-state index in [1.807, 2.05) is 0 Å². The lowest BCUT2D eigenvalue weighted by molar-refractivity contribution is 0.0685. The van der Waals surface area contributed by atoms with Gasteiger partial charge in [0.1, 0.15) is 11.4 Å². The molecule has 0 unspecified atom stereocenters.